The first kappa shape index (κ1) is 23.6. The van der Waals surface area contributed by atoms with E-state index in [4.69, 9.17) is 14.2 Å². The Morgan fingerprint density at radius 2 is 1.81 bits per heavy atom. The Hall–Kier alpha value is -2.05. The summed E-state index contributed by atoms with van der Waals surface area (Å²) < 4.78 is 17.4. The minimum atomic E-state index is -0.512. The first-order valence-electron chi connectivity index (χ1n) is 11.7. The van der Waals surface area contributed by atoms with Crippen LogP contribution in [0.2, 0.25) is 0 Å². The molecule has 0 radical (unpaired) electrons. The first-order chi connectivity index (χ1) is 15.2. The van der Waals surface area contributed by atoms with Crippen molar-refractivity contribution in [1.82, 2.24) is 4.90 Å². The SMILES string of the molecule is CCO[C@@H]1OC(C(=O)N2CCCCCCC2)=C[C@H](c2ccc(OC)cc2)[C@@H]1CCCO. The molecule has 3 atom stereocenters. The van der Waals surface area contributed by atoms with Gasteiger partial charge in [-0.25, -0.2) is 0 Å². The average molecular weight is 432 g/mol. The van der Waals surface area contributed by atoms with E-state index in [0.29, 0.717) is 18.8 Å². The van der Waals surface area contributed by atoms with Crippen LogP contribution in [0.25, 0.3) is 0 Å². The third kappa shape index (κ3) is 6.23. The minimum Gasteiger partial charge on any atom is -0.497 e. The van der Waals surface area contributed by atoms with Crippen molar-refractivity contribution in [1.29, 1.82) is 0 Å². The number of likely N-dealkylation sites (tertiary alicyclic amines) is 1. The maximum Gasteiger partial charge on any atom is 0.288 e. The number of hydrogen-bond donors (Lipinski definition) is 1. The lowest BCUT2D eigenvalue weighted by molar-refractivity contribution is -0.170. The Bertz CT molecular complexity index is 709. The van der Waals surface area contributed by atoms with Gasteiger partial charge in [0.25, 0.3) is 5.91 Å². The second-order valence-corrected chi connectivity index (χ2v) is 8.36. The number of nitrogens with zero attached hydrogens (tertiary/aromatic N) is 1. The monoisotopic (exact) mass is 431 g/mol. The maximum absolute atomic E-state index is 13.4. The first-order valence-corrected chi connectivity index (χ1v) is 11.7. The van der Waals surface area contributed by atoms with Crippen molar-refractivity contribution in [2.75, 3.05) is 33.4 Å². The van der Waals surface area contributed by atoms with Gasteiger partial charge in [-0.2, -0.15) is 0 Å². The standard InChI is InChI=1S/C25H37NO5/c1-3-30-25-21(10-9-17-27)22(19-11-13-20(29-2)14-12-19)18-23(31-25)24(28)26-15-7-5-4-6-8-16-26/h11-14,18,21-22,25,27H,3-10,15-17H2,1-2H3/t21-,22+,25+/m0/s1. The third-order valence-electron chi connectivity index (χ3n) is 6.27. The molecule has 3 rings (SSSR count). The molecule has 1 aromatic carbocycles. The highest BCUT2D eigenvalue weighted by atomic mass is 16.7. The lowest BCUT2D eigenvalue weighted by Crippen LogP contribution is -2.41. The van der Waals surface area contributed by atoms with Crippen LogP contribution in [0, 0.1) is 5.92 Å². The Labute approximate surface area is 186 Å². The van der Waals surface area contributed by atoms with Gasteiger partial charge >= 0.3 is 0 Å². The molecular formula is C25H37NO5. The van der Waals surface area contributed by atoms with E-state index in [9.17, 15) is 9.90 Å². The Balaban J connectivity index is 1.91. The van der Waals surface area contributed by atoms with Crippen LogP contribution >= 0.6 is 0 Å². The van der Waals surface area contributed by atoms with Gasteiger partial charge in [0.05, 0.1) is 7.11 Å². The molecular weight excluding hydrogens is 394 g/mol. The number of ether oxygens (including phenoxy) is 3. The fourth-order valence-corrected chi connectivity index (χ4v) is 4.57. The summed E-state index contributed by atoms with van der Waals surface area (Å²) in [5, 5.41) is 9.42. The number of aliphatic hydroxyl groups is 1. The molecule has 31 heavy (non-hydrogen) atoms. The zero-order chi connectivity index (χ0) is 22.1. The van der Waals surface area contributed by atoms with Gasteiger partial charge in [-0.05, 0) is 56.4 Å². The highest BCUT2D eigenvalue weighted by Gasteiger charge is 2.38. The van der Waals surface area contributed by atoms with E-state index in [2.05, 4.69) is 0 Å². The van der Waals surface area contributed by atoms with Crippen LogP contribution < -0.4 is 4.74 Å². The number of carbonyl (C=O) groups is 1. The average Bonchev–Trinajstić information content (AvgIpc) is 2.77. The molecule has 0 aliphatic carbocycles. The fourth-order valence-electron chi connectivity index (χ4n) is 4.57. The van der Waals surface area contributed by atoms with Gasteiger partial charge in [0.15, 0.2) is 5.76 Å². The highest BCUT2D eigenvalue weighted by molar-refractivity contribution is 5.91. The van der Waals surface area contributed by atoms with E-state index < -0.39 is 6.29 Å². The van der Waals surface area contributed by atoms with Gasteiger partial charge in [0, 0.05) is 38.1 Å². The molecule has 6 nitrogen and oxygen atoms in total. The lowest BCUT2D eigenvalue weighted by atomic mass is 9.80. The molecule has 2 heterocycles. The topological polar surface area (TPSA) is 68.2 Å². The molecule has 1 fully saturated rings. The number of hydrogen-bond acceptors (Lipinski definition) is 5. The van der Waals surface area contributed by atoms with Gasteiger partial charge in [-0.3, -0.25) is 4.79 Å². The molecule has 0 unspecified atom stereocenters. The molecule has 1 amide bonds. The van der Waals surface area contributed by atoms with Crippen molar-refractivity contribution >= 4 is 5.91 Å². The summed E-state index contributed by atoms with van der Waals surface area (Å²) in [6.45, 7) is 4.11. The van der Waals surface area contributed by atoms with Gasteiger partial charge < -0.3 is 24.2 Å². The summed E-state index contributed by atoms with van der Waals surface area (Å²) in [6, 6.07) is 7.96. The van der Waals surface area contributed by atoms with Crippen LogP contribution in [-0.2, 0) is 14.3 Å². The number of amides is 1. The van der Waals surface area contributed by atoms with Crippen molar-refractivity contribution in [2.24, 2.45) is 5.92 Å². The third-order valence-corrected chi connectivity index (χ3v) is 6.27. The predicted molar refractivity (Wildman–Crippen MR) is 120 cm³/mol. The maximum atomic E-state index is 13.4. The van der Waals surface area contributed by atoms with Gasteiger partial charge in [-0.1, -0.05) is 31.4 Å². The van der Waals surface area contributed by atoms with E-state index in [1.165, 1.54) is 19.3 Å². The van der Waals surface area contributed by atoms with E-state index in [-0.39, 0.29) is 24.3 Å². The zero-order valence-corrected chi connectivity index (χ0v) is 18.9. The normalized spacial score (nSPS) is 24.5. The van der Waals surface area contributed by atoms with Crippen LogP contribution in [0.15, 0.2) is 36.1 Å². The largest absolute Gasteiger partial charge is 0.497 e. The van der Waals surface area contributed by atoms with Crippen molar-refractivity contribution in [2.45, 2.75) is 64.1 Å². The second-order valence-electron chi connectivity index (χ2n) is 8.36. The molecule has 6 heteroatoms. The smallest absolute Gasteiger partial charge is 0.288 e. The van der Waals surface area contributed by atoms with E-state index in [1.54, 1.807) is 7.11 Å². The molecule has 0 bridgehead atoms. The van der Waals surface area contributed by atoms with E-state index in [0.717, 1.165) is 43.7 Å². The molecule has 1 aromatic rings. The van der Waals surface area contributed by atoms with Crippen molar-refractivity contribution in [3.05, 3.63) is 41.7 Å². The number of rotatable bonds is 8. The Morgan fingerprint density at radius 3 is 2.42 bits per heavy atom. The van der Waals surface area contributed by atoms with Gasteiger partial charge in [-0.15, -0.1) is 0 Å². The molecule has 2 aliphatic heterocycles. The molecule has 2 aliphatic rings. The van der Waals surface area contributed by atoms with Crippen LogP contribution in [0.3, 0.4) is 0 Å². The van der Waals surface area contributed by atoms with Crippen molar-refractivity contribution < 1.29 is 24.1 Å². The molecule has 172 valence electrons. The van der Waals surface area contributed by atoms with Crippen molar-refractivity contribution in [3.8, 4) is 5.75 Å². The molecule has 0 aromatic heterocycles. The summed E-state index contributed by atoms with van der Waals surface area (Å²) in [4.78, 5) is 15.3. The van der Waals surface area contributed by atoms with Gasteiger partial charge in [0.1, 0.15) is 5.75 Å². The quantitative estimate of drug-likeness (QED) is 0.667. The summed E-state index contributed by atoms with van der Waals surface area (Å²) in [5.74, 6) is 1.14. The van der Waals surface area contributed by atoms with Crippen LogP contribution in [-0.4, -0.2) is 55.6 Å². The molecule has 0 spiro atoms. The predicted octanol–water partition coefficient (Wildman–Crippen LogP) is 4.24. The number of carbonyl (C=O) groups excluding carboxylic acids is 1. The second kappa shape index (κ2) is 12.1. The summed E-state index contributed by atoms with van der Waals surface area (Å²) in [7, 11) is 1.65. The van der Waals surface area contributed by atoms with Crippen LogP contribution in [0.5, 0.6) is 5.75 Å². The summed E-state index contributed by atoms with van der Waals surface area (Å²) >= 11 is 0. The molecule has 1 saturated heterocycles. The van der Waals surface area contributed by atoms with Crippen molar-refractivity contribution in [3.63, 3.8) is 0 Å². The number of benzene rings is 1. The Kier molecular flexibility index (Phi) is 9.22. The molecule has 0 saturated carbocycles. The highest BCUT2D eigenvalue weighted by Crippen LogP contribution is 2.40. The minimum absolute atomic E-state index is 0.0179. The number of methoxy groups -OCH3 is 1. The Morgan fingerprint density at radius 1 is 1.13 bits per heavy atom. The fraction of sp³-hybridized carbons (Fsp3) is 0.640. The lowest BCUT2D eigenvalue weighted by Gasteiger charge is -2.38. The van der Waals surface area contributed by atoms with E-state index >= 15 is 0 Å². The molecule has 1 N–H and O–H groups in total. The van der Waals surface area contributed by atoms with Crippen LogP contribution in [0.1, 0.15) is 63.4 Å². The van der Waals surface area contributed by atoms with Crippen LogP contribution in [0.4, 0.5) is 0 Å². The summed E-state index contributed by atoms with van der Waals surface area (Å²) in [6.07, 6.45) is 8.53. The number of allylic oxidation sites excluding steroid dienone is 1. The number of aliphatic hydroxyl groups excluding tert-OH is 1. The van der Waals surface area contributed by atoms with E-state index in [1.807, 2.05) is 42.2 Å². The summed E-state index contributed by atoms with van der Waals surface area (Å²) in [5.41, 5.74) is 1.09. The zero-order valence-electron chi connectivity index (χ0n) is 18.9. The van der Waals surface area contributed by atoms with Gasteiger partial charge in [0.2, 0.25) is 6.29 Å².